The second kappa shape index (κ2) is 7.35. The monoisotopic (exact) mass is 359 g/mol. The minimum Gasteiger partial charge on any atom is -0.493 e. The van der Waals surface area contributed by atoms with Crippen LogP contribution in [0.4, 0.5) is 8.78 Å². The molecule has 0 saturated heterocycles. The van der Waals surface area contributed by atoms with Crippen LogP contribution in [0.2, 0.25) is 0 Å². The molecule has 0 aliphatic carbocycles. The highest BCUT2D eigenvalue weighted by molar-refractivity contribution is 6.13. The molecule has 0 atom stereocenters. The fourth-order valence-corrected chi connectivity index (χ4v) is 2.46. The molecule has 7 heteroatoms. The third-order valence-electron chi connectivity index (χ3n) is 3.70. The lowest BCUT2D eigenvalue weighted by atomic mass is 10.1. The predicted molar refractivity (Wildman–Crippen MR) is 91.4 cm³/mol. The SMILES string of the molecule is COc1cc(/C=C2\N=C(c3ccccc3C)OC2=O)ccc1OC(F)F. The number of rotatable bonds is 5. The van der Waals surface area contributed by atoms with Gasteiger partial charge in [0.05, 0.1) is 7.11 Å². The zero-order valence-electron chi connectivity index (χ0n) is 14.0. The molecule has 26 heavy (non-hydrogen) atoms. The normalized spacial score (nSPS) is 15.2. The molecular formula is C19H15F2NO4. The van der Waals surface area contributed by atoms with Crippen LogP contribution in [0, 0.1) is 6.92 Å². The van der Waals surface area contributed by atoms with E-state index >= 15 is 0 Å². The number of hydrogen-bond acceptors (Lipinski definition) is 5. The quantitative estimate of drug-likeness (QED) is 0.599. The Bertz CT molecular complexity index is 906. The maximum Gasteiger partial charge on any atom is 0.387 e. The first-order valence-corrected chi connectivity index (χ1v) is 7.69. The molecule has 0 amide bonds. The Kier molecular flexibility index (Phi) is 4.97. The van der Waals surface area contributed by atoms with Gasteiger partial charge >= 0.3 is 12.6 Å². The third-order valence-corrected chi connectivity index (χ3v) is 3.70. The molecule has 1 aliphatic heterocycles. The lowest BCUT2D eigenvalue weighted by Crippen LogP contribution is -2.06. The minimum absolute atomic E-state index is 0.0947. The lowest BCUT2D eigenvalue weighted by molar-refractivity contribution is -0.129. The summed E-state index contributed by atoms with van der Waals surface area (Å²) in [6.07, 6.45) is 1.49. The summed E-state index contributed by atoms with van der Waals surface area (Å²) in [6, 6.07) is 11.7. The van der Waals surface area contributed by atoms with Crippen LogP contribution >= 0.6 is 0 Å². The molecule has 0 radical (unpaired) electrons. The van der Waals surface area contributed by atoms with Crippen molar-refractivity contribution < 1.29 is 27.8 Å². The molecule has 3 rings (SSSR count). The van der Waals surface area contributed by atoms with Gasteiger partial charge in [-0.05, 0) is 42.3 Å². The van der Waals surface area contributed by atoms with Crippen molar-refractivity contribution in [3.63, 3.8) is 0 Å². The van der Waals surface area contributed by atoms with Crippen molar-refractivity contribution in [2.45, 2.75) is 13.5 Å². The Morgan fingerprint density at radius 2 is 1.92 bits per heavy atom. The Hall–Kier alpha value is -3.22. The first-order valence-electron chi connectivity index (χ1n) is 7.69. The van der Waals surface area contributed by atoms with E-state index in [0.717, 1.165) is 11.1 Å². The van der Waals surface area contributed by atoms with Crippen LogP contribution in [0.15, 0.2) is 53.2 Å². The standard InChI is InChI=1S/C19H15F2NO4/c1-11-5-3-4-6-13(11)17-22-14(18(23)26-17)9-12-7-8-15(25-19(20)21)16(10-12)24-2/h3-10,19H,1-2H3/b14-9-. The minimum atomic E-state index is -2.96. The van der Waals surface area contributed by atoms with Gasteiger partial charge in [0, 0.05) is 5.56 Å². The number of aryl methyl sites for hydroxylation is 1. The van der Waals surface area contributed by atoms with Crippen LogP contribution < -0.4 is 9.47 Å². The van der Waals surface area contributed by atoms with Crippen LogP contribution in [0.1, 0.15) is 16.7 Å². The topological polar surface area (TPSA) is 57.1 Å². The number of esters is 1. The summed E-state index contributed by atoms with van der Waals surface area (Å²) in [5, 5.41) is 0. The molecule has 0 saturated carbocycles. The molecule has 1 aliphatic rings. The molecule has 0 bridgehead atoms. The molecule has 0 unspecified atom stereocenters. The molecule has 2 aromatic rings. The van der Waals surface area contributed by atoms with E-state index in [1.807, 2.05) is 31.2 Å². The van der Waals surface area contributed by atoms with E-state index < -0.39 is 12.6 Å². The third kappa shape index (κ3) is 3.72. The number of ether oxygens (including phenoxy) is 3. The van der Waals surface area contributed by atoms with Crippen molar-refractivity contribution in [2.75, 3.05) is 7.11 Å². The number of halogens is 2. The average Bonchev–Trinajstić information content (AvgIpc) is 2.96. The van der Waals surface area contributed by atoms with Gasteiger partial charge in [-0.2, -0.15) is 8.78 Å². The van der Waals surface area contributed by atoms with Crippen LogP contribution in [-0.4, -0.2) is 25.6 Å². The summed E-state index contributed by atoms with van der Waals surface area (Å²) in [4.78, 5) is 16.3. The molecule has 5 nitrogen and oxygen atoms in total. The number of cyclic esters (lactones) is 1. The first-order chi connectivity index (χ1) is 12.5. The molecule has 2 aromatic carbocycles. The van der Waals surface area contributed by atoms with Crippen molar-refractivity contribution in [2.24, 2.45) is 4.99 Å². The van der Waals surface area contributed by atoms with E-state index in [4.69, 9.17) is 9.47 Å². The van der Waals surface area contributed by atoms with Crippen molar-refractivity contribution in [3.05, 3.63) is 64.9 Å². The van der Waals surface area contributed by atoms with Crippen LogP contribution in [0.25, 0.3) is 6.08 Å². The fraction of sp³-hybridized carbons (Fsp3) is 0.158. The summed E-state index contributed by atoms with van der Waals surface area (Å²) in [5.41, 5.74) is 2.29. The van der Waals surface area contributed by atoms with Gasteiger partial charge in [0.2, 0.25) is 5.90 Å². The molecular weight excluding hydrogens is 344 g/mol. The summed E-state index contributed by atoms with van der Waals surface area (Å²) < 4.78 is 39.4. The number of carbonyl (C=O) groups is 1. The van der Waals surface area contributed by atoms with Crippen molar-refractivity contribution >= 4 is 17.9 Å². The number of alkyl halides is 2. The highest BCUT2D eigenvalue weighted by Crippen LogP contribution is 2.31. The number of aliphatic imine (C=N–C) groups is 1. The van der Waals surface area contributed by atoms with Gasteiger partial charge in [-0.3, -0.25) is 0 Å². The number of methoxy groups -OCH3 is 1. The summed E-state index contributed by atoms with van der Waals surface area (Å²) >= 11 is 0. The first kappa shape index (κ1) is 17.6. The molecule has 1 heterocycles. The van der Waals surface area contributed by atoms with E-state index in [2.05, 4.69) is 9.73 Å². The van der Waals surface area contributed by atoms with E-state index in [1.165, 1.54) is 31.4 Å². The van der Waals surface area contributed by atoms with Crippen LogP contribution in [0.5, 0.6) is 11.5 Å². The number of hydrogen-bond donors (Lipinski definition) is 0. The lowest BCUT2D eigenvalue weighted by Gasteiger charge is -2.10. The number of carbonyl (C=O) groups excluding carboxylic acids is 1. The van der Waals surface area contributed by atoms with Gasteiger partial charge < -0.3 is 14.2 Å². The van der Waals surface area contributed by atoms with Gasteiger partial charge in [-0.1, -0.05) is 24.3 Å². The Morgan fingerprint density at radius 1 is 1.15 bits per heavy atom. The Labute approximate surface area is 148 Å². The summed E-state index contributed by atoms with van der Waals surface area (Å²) in [6.45, 7) is -1.07. The molecule has 0 spiro atoms. The van der Waals surface area contributed by atoms with Gasteiger partial charge in [0.1, 0.15) is 0 Å². The van der Waals surface area contributed by atoms with Crippen LogP contribution in [0.3, 0.4) is 0 Å². The van der Waals surface area contributed by atoms with E-state index in [1.54, 1.807) is 0 Å². The Balaban J connectivity index is 1.92. The number of nitrogens with zero attached hydrogens (tertiary/aromatic N) is 1. The van der Waals surface area contributed by atoms with Gasteiger partial charge in [-0.15, -0.1) is 0 Å². The van der Waals surface area contributed by atoms with Crippen molar-refractivity contribution in [1.29, 1.82) is 0 Å². The largest absolute Gasteiger partial charge is 0.493 e. The molecule has 0 fully saturated rings. The maximum atomic E-state index is 12.4. The Morgan fingerprint density at radius 3 is 2.62 bits per heavy atom. The van der Waals surface area contributed by atoms with E-state index in [9.17, 15) is 13.6 Å². The van der Waals surface area contributed by atoms with Gasteiger partial charge in [0.25, 0.3) is 0 Å². The predicted octanol–water partition coefficient (Wildman–Crippen LogP) is 3.95. The van der Waals surface area contributed by atoms with Gasteiger partial charge in [0.15, 0.2) is 17.2 Å². The molecule has 0 N–H and O–H groups in total. The zero-order chi connectivity index (χ0) is 18.7. The van der Waals surface area contributed by atoms with Crippen LogP contribution in [-0.2, 0) is 9.53 Å². The summed E-state index contributed by atoms with van der Waals surface area (Å²) in [5.74, 6) is -0.337. The second-order valence-electron chi connectivity index (χ2n) is 5.44. The zero-order valence-corrected chi connectivity index (χ0v) is 14.0. The molecule has 0 aromatic heterocycles. The number of benzene rings is 2. The van der Waals surface area contributed by atoms with Gasteiger partial charge in [-0.25, -0.2) is 9.79 Å². The average molecular weight is 359 g/mol. The second-order valence-corrected chi connectivity index (χ2v) is 5.44. The maximum absolute atomic E-state index is 12.4. The highest BCUT2D eigenvalue weighted by atomic mass is 19.3. The van der Waals surface area contributed by atoms with E-state index in [0.29, 0.717) is 5.56 Å². The van der Waals surface area contributed by atoms with Crippen molar-refractivity contribution in [3.8, 4) is 11.5 Å². The summed E-state index contributed by atoms with van der Waals surface area (Å²) in [7, 11) is 1.34. The highest BCUT2D eigenvalue weighted by Gasteiger charge is 2.25. The van der Waals surface area contributed by atoms with E-state index in [-0.39, 0.29) is 23.1 Å². The smallest absolute Gasteiger partial charge is 0.387 e. The molecule has 134 valence electrons. The van der Waals surface area contributed by atoms with Crippen molar-refractivity contribution in [1.82, 2.24) is 0 Å². The fourth-order valence-electron chi connectivity index (χ4n) is 2.46.